The van der Waals surface area contributed by atoms with Crippen LogP contribution in [-0.2, 0) is 14.3 Å². The van der Waals surface area contributed by atoms with Crippen molar-refractivity contribution >= 4 is 46.7 Å². The monoisotopic (exact) mass is 537 g/mol. The topological polar surface area (TPSA) is 65.0 Å². The van der Waals surface area contributed by atoms with Gasteiger partial charge in [-0.3, -0.25) is 4.74 Å². The van der Waals surface area contributed by atoms with E-state index < -0.39 is 24.6 Å². The number of benzene rings is 4. The first-order valence-corrected chi connectivity index (χ1v) is 14.4. The SMILES string of the molecule is COC(=O)c1ccc(N=P(c2ccccc2)(c2ccccc2)c2ccccc2)c(C=CC(=O)OC(C)(C)C)c1. The molecule has 0 unspecified atom stereocenters. The second-order valence-corrected chi connectivity index (χ2v) is 12.9. The summed E-state index contributed by atoms with van der Waals surface area (Å²) in [5.74, 6) is -0.948. The van der Waals surface area contributed by atoms with Crippen molar-refractivity contribution in [1.29, 1.82) is 0 Å². The van der Waals surface area contributed by atoms with E-state index in [2.05, 4.69) is 36.4 Å². The molecule has 5 nitrogen and oxygen atoms in total. The maximum absolute atomic E-state index is 12.5. The molecule has 0 bridgehead atoms. The second kappa shape index (κ2) is 12.1. The van der Waals surface area contributed by atoms with Gasteiger partial charge in [0.05, 0.1) is 25.4 Å². The van der Waals surface area contributed by atoms with Crippen LogP contribution in [0.5, 0.6) is 0 Å². The third-order valence-corrected chi connectivity index (χ3v) is 9.55. The molecule has 0 atom stereocenters. The minimum atomic E-state index is -2.57. The highest BCUT2D eigenvalue weighted by Crippen LogP contribution is 2.50. The Morgan fingerprint density at radius 1 is 0.744 bits per heavy atom. The summed E-state index contributed by atoms with van der Waals surface area (Å²) in [4.78, 5) is 24.9. The molecule has 0 N–H and O–H groups in total. The molecular formula is C33H32NO4P. The van der Waals surface area contributed by atoms with Crippen molar-refractivity contribution in [3.05, 3.63) is 126 Å². The minimum Gasteiger partial charge on any atom is -0.465 e. The Balaban J connectivity index is 2.03. The minimum absolute atomic E-state index is 0.364. The Bertz CT molecular complexity index is 1420. The van der Waals surface area contributed by atoms with Gasteiger partial charge in [0.2, 0.25) is 0 Å². The zero-order valence-electron chi connectivity index (χ0n) is 22.6. The summed E-state index contributed by atoms with van der Waals surface area (Å²) in [5.41, 5.74) is 0.989. The molecule has 0 aliphatic rings. The second-order valence-electron chi connectivity index (χ2n) is 9.87. The maximum atomic E-state index is 12.5. The van der Waals surface area contributed by atoms with Crippen molar-refractivity contribution in [2.24, 2.45) is 4.74 Å². The molecule has 0 aliphatic heterocycles. The van der Waals surface area contributed by atoms with Gasteiger partial charge in [0.15, 0.2) is 0 Å². The number of hydrogen-bond acceptors (Lipinski definition) is 5. The van der Waals surface area contributed by atoms with Crippen molar-refractivity contribution in [2.45, 2.75) is 26.4 Å². The van der Waals surface area contributed by atoms with Crippen LogP contribution in [0.25, 0.3) is 6.08 Å². The van der Waals surface area contributed by atoms with Gasteiger partial charge in [0.1, 0.15) is 5.60 Å². The number of rotatable bonds is 7. The highest BCUT2D eigenvalue weighted by Gasteiger charge is 2.28. The summed E-state index contributed by atoms with van der Waals surface area (Å²) >= 11 is 0. The molecule has 4 aromatic rings. The molecule has 0 amide bonds. The lowest BCUT2D eigenvalue weighted by Crippen LogP contribution is -2.25. The van der Waals surface area contributed by atoms with Crippen LogP contribution in [0.2, 0.25) is 0 Å². The average molecular weight is 538 g/mol. The van der Waals surface area contributed by atoms with E-state index in [0.29, 0.717) is 16.8 Å². The van der Waals surface area contributed by atoms with Crippen molar-refractivity contribution in [1.82, 2.24) is 0 Å². The zero-order chi connectivity index (χ0) is 27.9. The van der Waals surface area contributed by atoms with E-state index in [0.717, 1.165) is 15.9 Å². The van der Waals surface area contributed by atoms with E-state index in [9.17, 15) is 9.59 Å². The smallest absolute Gasteiger partial charge is 0.337 e. The largest absolute Gasteiger partial charge is 0.465 e. The van der Waals surface area contributed by atoms with E-state index in [4.69, 9.17) is 14.2 Å². The molecule has 0 aliphatic carbocycles. The van der Waals surface area contributed by atoms with E-state index in [1.54, 1.807) is 18.2 Å². The molecule has 0 saturated carbocycles. The standard InChI is InChI=1S/C33H32NO4P/c1-33(2,3)38-31(35)23-21-25-24-26(32(36)37-4)20-22-30(25)34-39(27-14-8-5-9-15-27,28-16-10-6-11-17-28)29-18-12-7-13-19-29/h5-24H,1-4H3. The number of methoxy groups -OCH3 is 1. The van der Waals surface area contributed by atoms with Gasteiger partial charge >= 0.3 is 11.9 Å². The number of carbonyl (C=O) groups is 2. The lowest BCUT2D eigenvalue weighted by atomic mass is 10.1. The van der Waals surface area contributed by atoms with Gasteiger partial charge in [-0.05, 0) is 45.0 Å². The first kappa shape index (κ1) is 27.8. The van der Waals surface area contributed by atoms with E-state index in [1.165, 1.54) is 13.2 Å². The predicted molar refractivity (Wildman–Crippen MR) is 160 cm³/mol. The lowest BCUT2D eigenvalue weighted by molar-refractivity contribution is -0.148. The summed E-state index contributed by atoms with van der Waals surface area (Å²) in [6.45, 7) is 5.45. The average Bonchev–Trinajstić information content (AvgIpc) is 2.95. The molecular weight excluding hydrogens is 505 g/mol. The van der Waals surface area contributed by atoms with Crippen molar-refractivity contribution in [3.63, 3.8) is 0 Å². The molecule has 39 heavy (non-hydrogen) atoms. The van der Waals surface area contributed by atoms with Crippen molar-refractivity contribution < 1.29 is 19.1 Å². The summed E-state index contributed by atoms with van der Waals surface area (Å²) in [5, 5.41) is 3.25. The van der Waals surface area contributed by atoms with Crippen LogP contribution in [0, 0.1) is 0 Å². The number of esters is 2. The number of ether oxygens (including phenoxy) is 2. The van der Waals surface area contributed by atoms with Gasteiger partial charge in [-0.15, -0.1) is 0 Å². The quantitative estimate of drug-likeness (QED) is 0.151. The maximum Gasteiger partial charge on any atom is 0.337 e. The Labute approximate surface area is 230 Å². The lowest BCUT2D eigenvalue weighted by Gasteiger charge is -2.27. The molecule has 0 fully saturated rings. The third kappa shape index (κ3) is 6.63. The third-order valence-electron chi connectivity index (χ3n) is 5.90. The zero-order valence-corrected chi connectivity index (χ0v) is 23.5. The summed E-state index contributed by atoms with van der Waals surface area (Å²) in [7, 11) is -1.23. The highest BCUT2D eigenvalue weighted by molar-refractivity contribution is 7.87. The van der Waals surface area contributed by atoms with Crippen molar-refractivity contribution in [3.8, 4) is 0 Å². The molecule has 6 heteroatoms. The Morgan fingerprint density at radius 3 is 1.67 bits per heavy atom. The summed E-state index contributed by atoms with van der Waals surface area (Å²) in [6, 6.07) is 36.0. The van der Waals surface area contributed by atoms with Crippen LogP contribution in [0.15, 0.2) is 120 Å². The highest BCUT2D eigenvalue weighted by atomic mass is 31.2. The van der Waals surface area contributed by atoms with E-state index in [-0.39, 0.29) is 0 Å². The number of nitrogens with zero attached hydrogens (tertiary/aromatic N) is 1. The molecule has 0 spiro atoms. The molecule has 0 aromatic heterocycles. The van der Waals surface area contributed by atoms with Gasteiger partial charge in [-0.1, -0.05) is 91.0 Å². The van der Waals surface area contributed by atoms with E-state index >= 15 is 0 Å². The molecule has 4 rings (SSSR count). The van der Waals surface area contributed by atoms with Gasteiger partial charge in [0, 0.05) is 27.6 Å². The van der Waals surface area contributed by atoms with Gasteiger partial charge < -0.3 is 9.47 Å². The Kier molecular flexibility index (Phi) is 8.63. The number of carbonyl (C=O) groups excluding carboxylic acids is 2. The van der Waals surface area contributed by atoms with Crippen molar-refractivity contribution in [2.75, 3.05) is 7.11 Å². The van der Waals surface area contributed by atoms with Crippen LogP contribution < -0.4 is 15.9 Å². The van der Waals surface area contributed by atoms with Crippen LogP contribution in [0.1, 0.15) is 36.7 Å². The van der Waals surface area contributed by atoms with Gasteiger partial charge in [0.25, 0.3) is 0 Å². The normalized spacial score (nSPS) is 11.7. The first-order valence-electron chi connectivity index (χ1n) is 12.7. The van der Waals surface area contributed by atoms with Crippen LogP contribution in [-0.4, -0.2) is 24.6 Å². The molecule has 4 aromatic carbocycles. The Hall–Kier alpha value is -4.21. The molecule has 198 valence electrons. The van der Waals surface area contributed by atoms with Crippen LogP contribution >= 0.6 is 7.05 Å². The van der Waals surface area contributed by atoms with Crippen LogP contribution in [0.3, 0.4) is 0 Å². The Morgan fingerprint density at radius 2 is 1.23 bits per heavy atom. The first-order chi connectivity index (χ1) is 18.7. The molecule has 0 saturated heterocycles. The van der Waals surface area contributed by atoms with Gasteiger partial charge in [-0.25, -0.2) is 9.59 Å². The fraction of sp³-hybridized carbons (Fsp3) is 0.152. The van der Waals surface area contributed by atoms with Crippen LogP contribution in [0.4, 0.5) is 5.69 Å². The molecule has 0 heterocycles. The predicted octanol–water partition coefficient (Wildman–Crippen LogP) is 6.64. The summed E-state index contributed by atoms with van der Waals surface area (Å²) in [6.07, 6.45) is 3.02. The fourth-order valence-corrected chi connectivity index (χ4v) is 7.79. The summed E-state index contributed by atoms with van der Waals surface area (Å²) < 4.78 is 16.0. The van der Waals surface area contributed by atoms with E-state index in [1.807, 2.05) is 81.4 Å². The molecule has 0 radical (unpaired) electrons. The van der Waals surface area contributed by atoms with Gasteiger partial charge in [-0.2, -0.15) is 0 Å². The fourth-order valence-electron chi connectivity index (χ4n) is 4.23. The number of hydrogen-bond donors (Lipinski definition) is 0.